The first-order chi connectivity index (χ1) is 9.63. The first kappa shape index (κ1) is 13.5. The van der Waals surface area contributed by atoms with Crippen molar-refractivity contribution in [3.05, 3.63) is 0 Å². The fraction of sp³-hybridized carbons (Fsp3) is 1.00. The molecule has 6 heteroatoms. The van der Waals surface area contributed by atoms with Gasteiger partial charge in [-0.3, -0.25) is 0 Å². The molecular weight excluding hydrogens is 276 g/mol. The zero-order valence-corrected chi connectivity index (χ0v) is 12.7. The smallest absolute Gasteiger partial charge is 0.217 e. The fourth-order valence-electron chi connectivity index (χ4n) is 3.57. The minimum atomic E-state index is -3.04. The van der Waals surface area contributed by atoms with Crippen LogP contribution in [0.25, 0.3) is 0 Å². The summed E-state index contributed by atoms with van der Waals surface area (Å²) < 4.78 is 32.5. The third-order valence-corrected chi connectivity index (χ3v) is 7.45. The van der Waals surface area contributed by atoms with Gasteiger partial charge in [0.15, 0.2) is 0 Å². The van der Waals surface area contributed by atoms with Crippen molar-refractivity contribution in [2.45, 2.75) is 37.0 Å². The molecule has 0 bridgehead atoms. The Hall–Kier alpha value is -0.170. The van der Waals surface area contributed by atoms with E-state index in [2.05, 4.69) is 4.90 Å². The number of hydrogen-bond donors (Lipinski definition) is 0. The lowest BCUT2D eigenvalue weighted by Gasteiger charge is -2.23. The van der Waals surface area contributed by atoms with Gasteiger partial charge in [0.05, 0.1) is 18.0 Å². The van der Waals surface area contributed by atoms with Gasteiger partial charge in [-0.05, 0) is 31.6 Å². The highest BCUT2D eigenvalue weighted by Gasteiger charge is 2.44. The molecule has 0 aromatic heterocycles. The molecule has 2 atom stereocenters. The lowest BCUT2D eigenvalue weighted by Crippen LogP contribution is -2.39. The molecule has 5 nitrogen and oxygen atoms in total. The summed E-state index contributed by atoms with van der Waals surface area (Å²) in [6, 6.07) is 0. The highest BCUT2D eigenvalue weighted by molar-refractivity contribution is 7.90. The van der Waals surface area contributed by atoms with Crippen LogP contribution in [0.3, 0.4) is 0 Å². The van der Waals surface area contributed by atoms with Gasteiger partial charge in [-0.15, -0.1) is 0 Å². The Balaban J connectivity index is 1.43. The number of ether oxygens (including phenoxy) is 1. The second-order valence-corrected chi connectivity index (χ2v) is 9.15. The van der Waals surface area contributed by atoms with Crippen LogP contribution in [0, 0.1) is 11.8 Å². The third-order valence-electron chi connectivity index (χ3n) is 5.09. The van der Waals surface area contributed by atoms with E-state index in [1.54, 1.807) is 4.31 Å². The molecule has 0 aromatic rings. The zero-order valence-electron chi connectivity index (χ0n) is 11.9. The van der Waals surface area contributed by atoms with Crippen LogP contribution in [-0.4, -0.2) is 68.3 Å². The number of hydrogen-bond acceptors (Lipinski definition) is 4. The molecule has 0 amide bonds. The van der Waals surface area contributed by atoms with Gasteiger partial charge in [-0.2, -0.15) is 4.31 Å². The molecule has 2 aliphatic carbocycles. The van der Waals surface area contributed by atoms with E-state index in [-0.39, 0.29) is 11.4 Å². The average molecular weight is 300 g/mol. The lowest BCUT2D eigenvalue weighted by atomic mass is 10.1. The summed E-state index contributed by atoms with van der Waals surface area (Å²) in [5.74, 6) is 1.26. The molecular formula is C14H24N2O3S. The number of rotatable bonds is 4. The first-order valence-electron chi connectivity index (χ1n) is 7.96. The molecule has 2 saturated heterocycles. The number of fused-ring (bicyclic) bond motifs is 1. The van der Waals surface area contributed by atoms with Gasteiger partial charge in [-0.1, -0.05) is 0 Å². The van der Waals surface area contributed by atoms with Crippen LogP contribution >= 0.6 is 0 Å². The molecule has 0 spiro atoms. The van der Waals surface area contributed by atoms with E-state index in [0.717, 1.165) is 31.8 Å². The van der Waals surface area contributed by atoms with Gasteiger partial charge >= 0.3 is 0 Å². The van der Waals surface area contributed by atoms with Crippen molar-refractivity contribution in [1.29, 1.82) is 0 Å². The molecule has 0 radical (unpaired) electrons. The Labute approximate surface area is 121 Å². The molecule has 2 heterocycles. The molecule has 0 N–H and O–H groups in total. The Morgan fingerprint density at radius 3 is 2.55 bits per heavy atom. The van der Waals surface area contributed by atoms with Crippen molar-refractivity contribution in [1.82, 2.24) is 9.21 Å². The van der Waals surface area contributed by atoms with Crippen LogP contribution in [0.15, 0.2) is 0 Å². The maximum absolute atomic E-state index is 12.4. The van der Waals surface area contributed by atoms with E-state index < -0.39 is 10.0 Å². The van der Waals surface area contributed by atoms with Gasteiger partial charge in [0.25, 0.3) is 0 Å². The van der Waals surface area contributed by atoms with Crippen molar-refractivity contribution >= 4 is 10.0 Å². The van der Waals surface area contributed by atoms with Crippen molar-refractivity contribution < 1.29 is 13.2 Å². The summed E-state index contributed by atoms with van der Waals surface area (Å²) in [4.78, 5) is 2.49. The first-order valence-corrected chi connectivity index (χ1v) is 9.46. The molecule has 4 aliphatic rings. The van der Waals surface area contributed by atoms with Crippen LogP contribution in [0.5, 0.6) is 0 Å². The van der Waals surface area contributed by atoms with Crippen molar-refractivity contribution in [2.75, 3.05) is 39.3 Å². The summed E-state index contributed by atoms with van der Waals surface area (Å²) in [5, 5.41) is -0.0944. The topological polar surface area (TPSA) is 49.9 Å². The second-order valence-electron chi connectivity index (χ2n) is 6.93. The quantitative estimate of drug-likeness (QED) is 0.759. The molecule has 114 valence electrons. The molecule has 4 fully saturated rings. The summed E-state index contributed by atoms with van der Waals surface area (Å²) >= 11 is 0. The number of sulfonamides is 1. The van der Waals surface area contributed by atoms with Gasteiger partial charge < -0.3 is 9.64 Å². The Bertz CT molecular complexity index is 473. The summed E-state index contributed by atoms with van der Waals surface area (Å²) in [5.41, 5.74) is 0. The summed E-state index contributed by atoms with van der Waals surface area (Å²) in [6.45, 7) is 4.98. The highest BCUT2D eigenvalue weighted by Crippen LogP contribution is 2.35. The van der Waals surface area contributed by atoms with E-state index in [4.69, 9.17) is 4.74 Å². The maximum atomic E-state index is 12.4. The van der Waals surface area contributed by atoms with E-state index in [0.29, 0.717) is 25.6 Å². The predicted octanol–water partition coefficient (Wildman–Crippen LogP) is 0.521. The van der Waals surface area contributed by atoms with Crippen molar-refractivity contribution in [3.8, 4) is 0 Å². The summed E-state index contributed by atoms with van der Waals surface area (Å²) in [7, 11) is -3.04. The van der Waals surface area contributed by atoms with E-state index >= 15 is 0 Å². The largest absolute Gasteiger partial charge is 0.375 e. The Kier molecular flexibility index (Phi) is 3.33. The van der Waals surface area contributed by atoms with Crippen LogP contribution in [0.2, 0.25) is 0 Å². The molecule has 0 aromatic carbocycles. The summed E-state index contributed by atoms with van der Waals surface area (Å²) in [6.07, 6.45) is 4.68. The molecule has 20 heavy (non-hydrogen) atoms. The van der Waals surface area contributed by atoms with Crippen LogP contribution in [-0.2, 0) is 14.8 Å². The van der Waals surface area contributed by atoms with Gasteiger partial charge in [0, 0.05) is 38.6 Å². The maximum Gasteiger partial charge on any atom is 0.217 e. The monoisotopic (exact) mass is 300 g/mol. The van der Waals surface area contributed by atoms with E-state index in [9.17, 15) is 8.42 Å². The second kappa shape index (κ2) is 4.93. The van der Waals surface area contributed by atoms with Gasteiger partial charge in [0.1, 0.15) is 0 Å². The predicted molar refractivity (Wildman–Crippen MR) is 75.9 cm³/mol. The van der Waals surface area contributed by atoms with E-state index in [1.807, 2.05) is 0 Å². The highest BCUT2D eigenvalue weighted by atomic mass is 32.2. The third kappa shape index (κ3) is 2.63. The average Bonchev–Trinajstić information content (AvgIpc) is 3.24. The van der Waals surface area contributed by atoms with Crippen molar-refractivity contribution in [2.24, 2.45) is 11.8 Å². The SMILES string of the molecule is O=S(=O)(C1CC1)N1CCO[C@@H]2CN(CC3CC3)C[C@@H]2C1. The lowest BCUT2D eigenvalue weighted by molar-refractivity contribution is 0.0520. The van der Waals surface area contributed by atoms with E-state index in [1.165, 1.54) is 19.4 Å². The normalized spacial score (nSPS) is 36.8. The molecule has 2 saturated carbocycles. The Morgan fingerprint density at radius 2 is 1.85 bits per heavy atom. The minimum Gasteiger partial charge on any atom is -0.375 e. The fourth-order valence-corrected chi connectivity index (χ4v) is 5.45. The Morgan fingerprint density at radius 1 is 1.05 bits per heavy atom. The van der Waals surface area contributed by atoms with Gasteiger partial charge in [-0.25, -0.2) is 8.42 Å². The van der Waals surface area contributed by atoms with Crippen LogP contribution < -0.4 is 0 Å². The standard InChI is InChI=1S/C14H24N2O3S/c17-20(18,13-3-4-13)16-5-6-19-14-10-15(7-11-1-2-11)8-12(14)9-16/h11-14H,1-10H2/t12-,14-/m1/s1. The van der Waals surface area contributed by atoms with Crippen LogP contribution in [0.4, 0.5) is 0 Å². The molecule has 2 aliphatic heterocycles. The minimum absolute atomic E-state index is 0.0944. The number of nitrogens with zero attached hydrogens (tertiary/aromatic N) is 2. The zero-order chi connectivity index (χ0) is 13.7. The molecule has 4 rings (SSSR count). The number of likely N-dealkylation sites (tertiary alicyclic amines) is 1. The van der Waals surface area contributed by atoms with Gasteiger partial charge in [0.2, 0.25) is 10.0 Å². The molecule has 0 unspecified atom stereocenters. The van der Waals surface area contributed by atoms with Crippen LogP contribution in [0.1, 0.15) is 25.7 Å². The van der Waals surface area contributed by atoms with Crippen molar-refractivity contribution in [3.63, 3.8) is 0 Å².